The summed E-state index contributed by atoms with van der Waals surface area (Å²) in [6.45, 7) is 3.84. The average molecular weight is 283 g/mol. The molecule has 2 saturated heterocycles. The number of rotatable bonds is 3. The van der Waals surface area contributed by atoms with Crippen molar-refractivity contribution in [1.82, 2.24) is 4.90 Å². The van der Waals surface area contributed by atoms with E-state index in [0.717, 1.165) is 31.5 Å². The van der Waals surface area contributed by atoms with Gasteiger partial charge in [-0.1, -0.05) is 0 Å². The number of hydrogen-bond acceptors (Lipinski definition) is 5. The van der Waals surface area contributed by atoms with E-state index in [4.69, 9.17) is 14.6 Å². The van der Waals surface area contributed by atoms with E-state index in [-0.39, 0.29) is 5.79 Å². The van der Waals surface area contributed by atoms with Crippen LogP contribution in [0.5, 0.6) is 0 Å². The van der Waals surface area contributed by atoms with E-state index in [2.05, 4.69) is 4.90 Å². The van der Waals surface area contributed by atoms with Crippen molar-refractivity contribution in [3.05, 3.63) is 21.9 Å². The van der Waals surface area contributed by atoms with E-state index in [1.807, 2.05) is 11.4 Å². The number of ether oxygens (including phenoxy) is 2. The summed E-state index contributed by atoms with van der Waals surface area (Å²) in [7, 11) is 0. The van der Waals surface area contributed by atoms with Gasteiger partial charge in [0.05, 0.1) is 13.2 Å². The van der Waals surface area contributed by atoms with E-state index in [1.165, 1.54) is 11.3 Å². The van der Waals surface area contributed by atoms with Gasteiger partial charge in [-0.3, -0.25) is 4.90 Å². The molecule has 0 radical (unpaired) electrons. The summed E-state index contributed by atoms with van der Waals surface area (Å²) in [6.07, 6.45) is 1.72. The van der Waals surface area contributed by atoms with Crippen LogP contribution in [0.3, 0.4) is 0 Å². The molecule has 0 unspecified atom stereocenters. The molecule has 1 aromatic rings. The van der Waals surface area contributed by atoms with Crippen LogP contribution in [0.25, 0.3) is 0 Å². The predicted octanol–water partition coefficient (Wildman–Crippen LogP) is 1.79. The molecule has 6 heteroatoms. The van der Waals surface area contributed by atoms with Gasteiger partial charge in [-0.2, -0.15) is 0 Å². The third kappa shape index (κ3) is 2.67. The summed E-state index contributed by atoms with van der Waals surface area (Å²) in [5.41, 5.74) is 0.904. The minimum Gasteiger partial charge on any atom is -0.477 e. The van der Waals surface area contributed by atoms with Crippen LogP contribution in [-0.4, -0.2) is 48.1 Å². The summed E-state index contributed by atoms with van der Waals surface area (Å²) in [5.74, 6) is -1.19. The molecule has 2 aliphatic heterocycles. The van der Waals surface area contributed by atoms with Crippen LogP contribution >= 0.6 is 11.3 Å². The lowest BCUT2D eigenvalue weighted by Crippen LogP contribution is -2.44. The molecule has 104 valence electrons. The fourth-order valence-corrected chi connectivity index (χ4v) is 3.48. The number of carbonyl (C=O) groups is 1. The number of hydrogen-bond donors (Lipinski definition) is 1. The lowest BCUT2D eigenvalue weighted by molar-refractivity contribution is -0.185. The smallest absolute Gasteiger partial charge is 0.346 e. The highest BCUT2D eigenvalue weighted by atomic mass is 32.1. The fraction of sp³-hybridized carbons (Fsp3) is 0.615. The SMILES string of the molecule is O=C(O)c1sccc1CN1CCC2(CC1)OCCO2. The highest BCUT2D eigenvalue weighted by Crippen LogP contribution is 2.32. The quantitative estimate of drug-likeness (QED) is 0.916. The van der Waals surface area contributed by atoms with E-state index in [9.17, 15) is 4.79 Å². The molecule has 1 spiro atoms. The van der Waals surface area contributed by atoms with Crippen LogP contribution in [0.2, 0.25) is 0 Å². The number of likely N-dealkylation sites (tertiary alicyclic amines) is 1. The Labute approximate surface area is 115 Å². The number of nitrogens with zero attached hydrogens (tertiary/aromatic N) is 1. The summed E-state index contributed by atoms with van der Waals surface area (Å²) < 4.78 is 11.4. The van der Waals surface area contributed by atoms with Crippen molar-refractivity contribution in [1.29, 1.82) is 0 Å². The molecule has 1 N–H and O–H groups in total. The van der Waals surface area contributed by atoms with Gasteiger partial charge in [-0.05, 0) is 17.0 Å². The van der Waals surface area contributed by atoms with Gasteiger partial charge in [0.2, 0.25) is 0 Å². The molecule has 0 aliphatic carbocycles. The molecule has 3 heterocycles. The van der Waals surface area contributed by atoms with Crippen molar-refractivity contribution in [2.24, 2.45) is 0 Å². The molecular weight excluding hydrogens is 266 g/mol. The van der Waals surface area contributed by atoms with E-state index >= 15 is 0 Å². The Balaban J connectivity index is 1.60. The first-order valence-electron chi connectivity index (χ1n) is 6.48. The Morgan fingerprint density at radius 1 is 1.37 bits per heavy atom. The van der Waals surface area contributed by atoms with Crippen LogP contribution < -0.4 is 0 Å². The minimum absolute atomic E-state index is 0.360. The molecule has 0 bridgehead atoms. The van der Waals surface area contributed by atoms with Gasteiger partial charge in [-0.25, -0.2) is 4.79 Å². The Kier molecular flexibility index (Phi) is 3.58. The Bertz CT molecular complexity index is 457. The van der Waals surface area contributed by atoms with Crippen molar-refractivity contribution in [2.45, 2.75) is 25.2 Å². The molecule has 0 aromatic carbocycles. The molecule has 3 rings (SSSR count). The van der Waals surface area contributed by atoms with Crippen molar-refractivity contribution >= 4 is 17.3 Å². The second-order valence-corrected chi connectivity index (χ2v) is 5.88. The Morgan fingerprint density at radius 2 is 2.05 bits per heavy atom. The lowest BCUT2D eigenvalue weighted by Gasteiger charge is -2.37. The standard InChI is InChI=1S/C13H17NO4S/c15-12(16)11-10(1-8-19-11)9-14-4-2-13(3-5-14)17-6-7-18-13/h1,8H,2-7,9H2,(H,15,16). The summed E-state index contributed by atoms with van der Waals surface area (Å²) in [6, 6.07) is 1.90. The zero-order valence-electron chi connectivity index (χ0n) is 10.6. The second-order valence-electron chi connectivity index (χ2n) is 4.96. The first-order valence-corrected chi connectivity index (χ1v) is 7.36. The number of carboxylic acid groups (broad SMARTS) is 1. The summed E-state index contributed by atoms with van der Waals surface area (Å²) in [5, 5.41) is 10.9. The zero-order chi connectivity index (χ0) is 13.3. The van der Waals surface area contributed by atoms with Gasteiger partial charge >= 0.3 is 5.97 Å². The monoisotopic (exact) mass is 283 g/mol. The van der Waals surface area contributed by atoms with Crippen molar-refractivity contribution in [3.63, 3.8) is 0 Å². The highest BCUT2D eigenvalue weighted by Gasteiger charge is 2.39. The molecule has 0 atom stereocenters. The molecule has 19 heavy (non-hydrogen) atoms. The topological polar surface area (TPSA) is 59.0 Å². The first kappa shape index (κ1) is 13.1. The van der Waals surface area contributed by atoms with Crippen LogP contribution in [-0.2, 0) is 16.0 Å². The van der Waals surface area contributed by atoms with Crippen LogP contribution in [0.1, 0.15) is 28.1 Å². The van der Waals surface area contributed by atoms with Crippen molar-refractivity contribution in [2.75, 3.05) is 26.3 Å². The van der Waals surface area contributed by atoms with Crippen LogP contribution in [0.4, 0.5) is 0 Å². The fourth-order valence-electron chi connectivity index (χ4n) is 2.73. The first-order chi connectivity index (χ1) is 9.19. The minimum atomic E-state index is -0.832. The maximum absolute atomic E-state index is 11.1. The molecule has 0 saturated carbocycles. The van der Waals surface area contributed by atoms with Crippen LogP contribution in [0.15, 0.2) is 11.4 Å². The van der Waals surface area contributed by atoms with Gasteiger partial charge in [0, 0.05) is 32.5 Å². The number of aromatic carboxylic acids is 1. The zero-order valence-corrected chi connectivity index (χ0v) is 11.4. The maximum Gasteiger partial charge on any atom is 0.346 e. The molecule has 0 amide bonds. The maximum atomic E-state index is 11.1. The van der Waals surface area contributed by atoms with Gasteiger partial charge in [0.25, 0.3) is 0 Å². The number of thiophene rings is 1. The third-order valence-electron chi connectivity index (χ3n) is 3.77. The summed E-state index contributed by atoms with van der Waals surface area (Å²) >= 11 is 1.29. The number of piperidine rings is 1. The van der Waals surface area contributed by atoms with Gasteiger partial charge < -0.3 is 14.6 Å². The van der Waals surface area contributed by atoms with Crippen molar-refractivity contribution < 1.29 is 19.4 Å². The largest absolute Gasteiger partial charge is 0.477 e. The predicted molar refractivity (Wildman–Crippen MR) is 70.4 cm³/mol. The average Bonchev–Trinajstić information content (AvgIpc) is 3.02. The molecule has 1 aromatic heterocycles. The summed E-state index contributed by atoms with van der Waals surface area (Å²) in [4.78, 5) is 13.8. The van der Waals surface area contributed by atoms with E-state index in [0.29, 0.717) is 24.6 Å². The Morgan fingerprint density at radius 3 is 2.68 bits per heavy atom. The van der Waals surface area contributed by atoms with Crippen molar-refractivity contribution in [3.8, 4) is 0 Å². The van der Waals surface area contributed by atoms with Gasteiger partial charge in [-0.15, -0.1) is 11.3 Å². The normalized spacial score (nSPS) is 22.9. The number of carboxylic acids is 1. The molecule has 2 fully saturated rings. The van der Waals surface area contributed by atoms with E-state index in [1.54, 1.807) is 0 Å². The Hall–Kier alpha value is -0.950. The third-order valence-corrected chi connectivity index (χ3v) is 4.71. The molecular formula is C13H17NO4S. The lowest BCUT2D eigenvalue weighted by atomic mass is 10.0. The molecule has 2 aliphatic rings. The van der Waals surface area contributed by atoms with Crippen LogP contribution in [0, 0.1) is 0 Å². The van der Waals surface area contributed by atoms with E-state index < -0.39 is 5.97 Å². The van der Waals surface area contributed by atoms with Gasteiger partial charge in [0.1, 0.15) is 4.88 Å². The second kappa shape index (κ2) is 5.20. The molecule has 5 nitrogen and oxygen atoms in total. The van der Waals surface area contributed by atoms with Gasteiger partial charge in [0.15, 0.2) is 5.79 Å². The highest BCUT2D eigenvalue weighted by molar-refractivity contribution is 7.12.